The molecule has 0 amide bonds. The molecule has 2 rings (SSSR count). The van der Waals surface area contributed by atoms with Crippen molar-refractivity contribution in [3.63, 3.8) is 0 Å². The summed E-state index contributed by atoms with van der Waals surface area (Å²) in [5.41, 5.74) is 2.32. The second-order valence-corrected chi connectivity index (χ2v) is 4.58. The second-order valence-electron chi connectivity index (χ2n) is 4.58. The fourth-order valence-electron chi connectivity index (χ4n) is 2.12. The lowest BCUT2D eigenvalue weighted by molar-refractivity contribution is 0.573. The Bertz CT molecular complexity index is 602. The fourth-order valence-corrected chi connectivity index (χ4v) is 2.12. The SMILES string of the molecule is CCc1nc(Cc2ccc(F)cc2F)nc(NC)c1C. The number of benzene rings is 1. The Balaban J connectivity index is 2.38. The number of aromatic nitrogens is 2. The van der Waals surface area contributed by atoms with Gasteiger partial charge in [-0.15, -0.1) is 0 Å². The molecule has 20 heavy (non-hydrogen) atoms. The minimum Gasteiger partial charge on any atom is -0.373 e. The van der Waals surface area contributed by atoms with Gasteiger partial charge in [-0.25, -0.2) is 18.7 Å². The van der Waals surface area contributed by atoms with Gasteiger partial charge in [0.15, 0.2) is 0 Å². The third-order valence-electron chi connectivity index (χ3n) is 3.23. The molecule has 5 heteroatoms. The van der Waals surface area contributed by atoms with Crippen LogP contribution in [0.5, 0.6) is 0 Å². The Morgan fingerprint density at radius 3 is 2.55 bits per heavy atom. The lowest BCUT2D eigenvalue weighted by Gasteiger charge is -2.11. The van der Waals surface area contributed by atoms with Crippen molar-refractivity contribution in [1.29, 1.82) is 0 Å². The Morgan fingerprint density at radius 2 is 1.95 bits per heavy atom. The number of aryl methyl sites for hydroxylation is 1. The molecule has 3 nitrogen and oxygen atoms in total. The molecule has 1 aromatic carbocycles. The van der Waals surface area contributed by atoms with Crippen LogP contribution in [-0.2, 0) is 12.8 Å². The summed E-state index contributed by atoms with van der Waals surface area (Å²) < 4.78 is 26.6. The van der Waals surface area contributed by atoms with Gasteiger partial charge in [0.25, 0.3) is 0 Å². The van der Waals surface area contributed by atoms with Crippen LogP contribution in [0.4, 0.5) is 14.6 Å². The molecule has 0 fully saturated rings. The summed E-state index contributed by atoms with van der Waals surface area (Å²) in [6.45, 7) is 3.96. The van der Waals surface area contributed by atoms with Crippen molar-refractivity contribution in [2.24, 2.45) is 0 Å². The van der Waals surface area contributed by atoms with E-state index in [1.165, 1.54) is 12.1 Å². The summed E-state index contributed by atoms with van der Waals surface area (Å²) in [5, 5.41) is 3.02. The van der Waals surface area contributed by atoms with Gasteiger partial charge >= 0.3 is 0 Å². The monoisotopic (exact) mass is 277 g/mol. The van der Waals surface area contributed by atoms with Gasteiger partial charge in [-0.1, -0.05) is 13.0 Å². The number of rotatable bonds is 4. The average molecular weight is 277 g/mol. The van der Waals surface area contributed by atoms with E-state index in [-0.39, 0.29) is 6.42 Å². The first-order chi connectivity index (χ1) is 9.55. The standard InChI is InChI=1S/C15H17F2N3/c1-4-13-9(2)15(18-3)20-14(19-13)7-10-5-6-11(16)8-12(10)17/h5-6,8H,4,7H2,1-3H3,(H,18,19,20). The lowest BCUT2D eigenvalue weighted by atomic mass is 10.1. The van der Waals surface area contributed by atoms with E-state index >= 15 is 0 Å². The van der Waals surface area contributed by atoms with Crippen LogP contribution in [0.2, 0.25) is 0 Å². The molecule has 0 saturated carbocycles. The average Bonchev–Trinajstić information content (AvgIpc) is 2.43. The highest BCUT2D eigenvalue weighted by atomic mass is 19.1. The molecule has 1 N–H and O–H groups in total. The van der Waals surface area contributed by atoms with Gasteiger partial charge < -0.3 is 5.32 Å². The summed E-state index contributed by atoms with van der Waals surface area (Å²) >= 11 is 0. The number of nitrogens with zero attached hydrogens (tertiary/aromatic N) is 2. The first-order valence-corrected chi connectivity index (χ1v) is 6.53. The maximum Gasteiger partial charge on any atom is 0.135 e. The van der Waals surface area contributed by atoms with Gasteiger partial charge in [-0.05, 0) is 25.0 Å². The van der Waals surface area contributed by atoms with Gasteiger partial charge in [0.2, 0.25) is 0 Å². The lowest BCUT2D eigenvalue weighted by Crippen LogP contribution is -2.08. The summed E-state index contributed by atoms with van der Waals surface area (Å²) in [4.78, 5) is 8.82. The predicted molar refractivity (Wildman–Crippen MR) is 74.9 cm³/mol. The molecule has 106 valence electrons. The van der Waals surface area contributed by atoms with Crippen LogP contribution in [0.15, 0.2) is 18.2 Å². The number of halogens is 2. The highest BCUT2D eigenvalue weighted by Crippen LogP contribution is 2.18. The molecule has 0 atom stereocenters. The van der Waals surface area contributed by atoms with E-state index in [1.54, 1.807) is 7.05 Å². The molecule has 0 aliphatic heterocycles. The molecule has 2 aromatic rings. The van der Waals surface area contributed by atoms with E-state index in [9.17, 15) is 8.78 Å². The van der Waals surface area contributed by atoms with Crippen LogP contribution >= 0.6 is 0 Å². The molecule has 0 radical (unpaired) electrons. The van der Waals surface area contributed by atoms with Crippen LogP contribution < -0.4 is 5.32 Å². The molecule has 0 spiro atoms. The smallest absolute Gasteiger partial charge is 0.135 e. The molecular formula is C15H17F2N3. The fraction of sp³-hybridized carbons (Fsp3) is 0.333. The second kappa shape index (κ2) is 5.94. The Labute approximate surface area is 117 Å². The number of nitrogens with one attached hydrogen (secondary N) is 1. The third-order valence-corrected chi connectivity index (χ3v) is 3.23. The Hall–Kier alpha value is -2.04. The van der Waals surface area contributed by atoms with Crippen molar-refractivity contribution < 1.29 is 8.78 Å². The van der Waals surface area contributed by atoms with Gasteiger partial charge in [0.1, 0.15) is 23.3 Å². The van der Waals surface area contributed by atoms with Gasteiger partial charge in [0, 0.05) is 30.8 Å². The maximum absolute atomic E-state index is 13.7. The van der Waals surface area contributed by atoms with Crippen molar-refractivity contribution in [1.82, 2.24) is 9.97 Å². The summed E-state index contributed by atoms with van der Waals surface area (Å²) in [6, 6.07) is 3.55. The zero-order valence-corrected chi connectivity index (χ0v) is 11.8. The highest BCUT2D eigenvalue weighted by molar-refractivity contribution is 5.45. The molecule has 0 aliphatic carbocycles. The van der Waals surface area contributed by atoms with E-state index in [2.05, 4.69) is 15.3 Å². The minimum absolute atomic E-state index is 0.244. The molecule has 1 heterocycles. The van der Waals surface area contributed by atoms with Crippen LogP contribution in [-0.4, -0.2) is 17.0 Å². The first kappa shape index (κ1) is 14.4. The molecule has 0 saturated heterocycles. The molecule has 0 bridgehead atoms. The number of hydrogen-bond acceptors (Lipinski definition) is 3. The summed E-state index contributed by atoms with van der Waals surface area (Å²) in [6.07, 6.45) is 1.02. The Kier molecular flexibility index (Phi) is 4.27. The van der Waals surface area contributed by atoms with E-state index < -0.39 is 11.6 Å². The van der Waals surface area contributed by atoms with E-state index in [4.69, 9.17) is 0 Å². The topological polar surface area (TPSA) is 37.8 Å². The third kappa shape index (κ3) is 2.92. The first-order valence-electron chi connectivity index (χ1n) is 6.53. The quantitative estimate of drug-likeness (QED) is 0.932. The molecular weight excluding hydrogens is 260 g/mol. The van der Waals surface area contributed by atoms with Crippen molar-refractivity contribution in [3.05, 3.63) is 52.5 Å². The van der Waals surface area contributed by atoms with E-state index in [0.29, 0.717) is 11.4 Å². The number of hydrogen-bond donors (Lipinski definition) is 1. The normalized spacial score (nSPS) is 10.7. The molecule has 1 aromatic heterocycles. The van der Waals surface area contributed by atoms with Crippen LogP contribution in [0, 0.1) is 18.6 Å². The summed E-state index contributed by atoms with van der Waals surface area (Å²) in [5.74, 6) is 0.121. The van der Waals surface area contributed by atoms with Crippen LogP contribution in [0.3, 0.4) is 0 Å². The van der Waals surface area contributed by atoms with E-state index in [0.717, 1.165) is 29.6 Å². The largest absolute Gasteiger partial charge is 0.373 e. The Morgan fingerprint density at radius 1 is 1.20 bits per heavy atom. The van der Waals surface area contributed by atoms with Crippen molar-refractivity contribution in [2.45, 2.75) is 26.7 Å². The maximum atomic E-state index is 13.7. The number of anilines is 1. The van der Waals surface area contributed by atoms with Crippen molar-refractivity contribution in [2.75, 3.05) is 12.4 Å². The zero-order chi connectivity index (χ0) is 14.7. The molecule has 0 unspecified atom stereocenters. The van der Waals surface area contributed by atoms with Crippen LogP contribution in [0.25, 0.3) is 0 Å². The predicted octanol–water partition coefficient (Wildman–Crippen LogP) is 3.26. The van der Waals surface area contributed by atoms with Gasteiger partial charge in [-0.3, -0.25) is 0 Å². The van der Waals surface area contributed by atoms with Crippen molar-refractivity contribution >= 4 is 5.82 Å². The van der Waals surface area contributed by atoms with E-state index in [1.807, 2.05) is 13.8 Å². The van der Waals surface area contributed by atoms with Gasteiger partial charge in [-0.2, -0.15) is 0 Å². The molecule has 0 aliphatic rings. The van der Waals surface area contributed by atoms with Gasteiger partial charge in [0.05, 0.1) is 0 Å². The van der Waals surface area contributed by atoms with Crippen LogP contribution in [0.1, 0.15) is 29.6 Å². The van der Waals surface area contributed by atoms with Crippen molar-refractivity contribution in [3.8, 4) is 0 Å². The highest BCUT2D eigenvalue weighted by Gasteiger charge is 2.11. The summed E-state index contributed by atoms with van der Waals surface area (Å²) in [7, 11) is 1.79. The minimum atomic E-state index is -0.582. The zero-order valence-electron chi connectivity index (χ0n) is 11.8.